The van der Waals surface area contributed by atoms with Crippen molar-refractivity contribution in [2.75, 3.05) is 0 Å². The number of nitrogens with zero attached hydrogens (tertiary/aromatic N) is 3. The molecule has 2 heterocycles. The molecule has 0 saturated heterocycles. The molecule has 1 aliphatic carbocycles. The van der Waals surface area contributed by atoms with E-state index in [4.69, 9.17) is 4.52 Å². The van der Waals surface area contributed by atoms with Crippen LogP contribution in [0.3, 0.4) is 0 Å². The minimum Gasteiger partial charge on any atom is -0.477 e. The molecule has 2 aromatic rings. The Kier molecular flexibility index (Phi) is 3.53. The van der Waals surface area contributed by atoms with Crippen molar-refractivity contribution in [1.29, 1.82) is 0 Å². The normalized spacial score (nSPS) is 15.7. The minimum atomic E-state index is -0.973. The number of aromatic carboxylic acids is 1. The van der Waals surface area contributed by atoms with Crippen molar-refractivity contribution in [2.24, 2.45) is 7.05 Å². The van der Waals surface area contributed by atoms with Gasteiger partial charge in [-0.2, -0.15) is 5.10 Å². The number of carboxylic acid groups (broad SMARTS) is 1. The van der Waals surface area contributed by atoms with Crippen molar-refractivity contribution in [3.8, 4) is 11.3 Å². The molecule has 0 unspecified atom stereocenters. The second-order valence-corrected chi connectivity index (χ2v) is 5.57. The Balaban J connectivity index is 2.12. The quantitative estimate of drug-likeness (QED) is 0.935. The molecule has 0 bridgehead atoms. The average Bonchev–Trinajstić information content (AvgIpc) is 3.15. The van der Waals surface area contributed by atoms with Gasteiger partial charge in [-0.05, 0) is 19.3 Å². The summed E-state index contributed by atoms with van der Waals surface area (Å²) in [5.41, 5.74) is 2.22. The summed E-state index contributed by atoms with van der Waals surface area (Å²) in [6.07, 6.45) is 6.72. The highest BCUT2D eigenvalue weighted by Gasteiger charge is 2.32. The monoisotopic (exact) mass is 289 g/mol. The molecular formula is C15H19N3O3. The van der Waals surface area contributed by atoms with E-state index in [0.717, 1.165) is 43.4 Å². The van der Waals surface area contributed by atoms with E-state index >= 15 is 0 Å². The topological polar surface area (TPSA) is 81.2 Å². The van der Waals surface area contributed by atoms with Crippen LogP contribution in [0.1, 0.15) is 60.3 Å². The highest BCUT2D eigenvalue weighted by Crippen LogP contribution is 2.39. The van der Waals surface area contributed by atoms with Crippen LogP contribution in [0.5, 0.6) is 0 Å². The van der Waals surface area contributed by atoms with E-state index in [0.29, 0.717) is 11.5 Å². The average molecular weight is 289 g/mol. The smallest absolute Gasteiger partial charge is 0.341 e. The number of aromatic nitrogens is 3. The lowest BCUT2D eigenvalue weighted by Gasteiger charge is -2.05. The number of carbonyl (C=O) groups is 1. The van der Waals surface area contributed by atoms with Crippen molar-refractivity contribution in [3.05, 3.63) is 23.2 Å². The summed E-state index contributed by atoms with van der Waals surface area (Å²) in [7, 11) is 1.82. The standard InChI is InChI=1S/C15H19N3O3/c1-3-11-10(8-18(2)16-11)13-12(15(19)20)14(21-17-13)9-6-4-5-7-9/h8-9H,3-7H2,1-2H3,(H,19,20). The van der Waals surface area contributed by atoms with Crippen LogP contribution >= 0.6 is 0 Å². The van der Waals surface area contributed by atoms with Crippen LogP contribution in [-0.4, -0.2) is 26.0 Å². The van der Waals surface area contributed by atoms with Crippen molar-refractivity contribution in [2.45, 2.75) is 44.9 Å². The molecule has 0 aromatic carbocycles. The molecule has 0 atom stereocenters. The molecule has 2 aromatic heterocycles. The van der Waals surface area contributed by atoms with E-state index in [2.05, 4.69) is 10.3 Å². The molecule has 1 fully saturated rings. The van der Waals surface area contributed by atoms with Gasteiger partial charge in [0.15, 0.2) is 5.76 Å². The Bertz CT molecular complexity index is 666. The fourth-order valence-corrected chi connectivity index (χ4v) is 3.15. The molecule has 1 saturated carbocycles. The zero-order chi connectivity index (χ0) is 15.0. The Hall–Kier alpha value is -2.11. The first-order valence-electron chi connectivity index (χ1n) is 7.37. The molecule has 21 heavy (non-hydrogen) atoms. The van der Waals surface area contributed by atoms with E-state index < -0.39 is 5.97 Å². The van der Waals surface area contributed by atoms with E-state index in [-0.39, 0.29) is 11.5 Å². The van der Waals surface area contributed by atoms with Crippen LogP contribution in [0.15, 0.2) is 10.7 Å². The molecule has 0 amide bonds. The van der Waals surface area contributed by atoms with Gasteiger partial charge in [-0.1, -0.05) is 24.9 Å². The first-order valence-corrected chi connectivity index (χ1v) is 7.37. The third-order valence-electron chi connectivity index (χ3n) is 4.15. The first-order chi connectivity index (χ1) is 10.1. The maximum absolute atomic E-state index is 11.7. The minimum absolute atomic E-state index is 0.180. The molecule has 0 radical (unpaired) electrons. The molecule has 3 rings (SSSR count). The van der Waals surface area contributed by atoms with Crippen molar-refractivity contribution in [3.63, 3.8) is 0 Å². The Morgan fingerprint density at radius 2 is 2.19 bits per heavy atom. The summed E-state index contributed by atoms with van der Waals surface area (Å²) in [6.45, 7) is 1.99. The van der Waals surface area contributed by atoms with Gasteiger partial charge in [0.1, 0.15) is 11.3 Å². The summed E-state index contributed by atoms with van der Waals surface area (Å²) in [5.74, 6) is -0.265. The van der Waals surface area contributed by atoms with Crippen LogP contribution in [0, 0.1) is 0 Å². The van der Waals surface area contributed by atoms with Crippen LogP contribution in [0.2, 0.25) is 0 Å². The third-order valence-corrected chi connectivity index (χ3v) is 4.15. The molecule has 0 aliphatic heterocycles. The van der Waals surface area contributed by atoms with Gasteiger partial charge in [0.05, 0.1) is 5.69 Å². The van der Waals surface area contributed by atoms with E-state index in [1.807, 2.05) is 20.2 Å². The second kappa shape index (κ2) is 5.35. The SMILES string of the molecule is CCc1nn(C)cc1-c1noc(C2CCCC2)c1C(=O)O. The Morgan fingerprint density at radius 3 is 2.81 bits per heavy atom. The highest BCUT2D eigenvalue weighted by atomic mass is 16.5. The number of carboxylic acids is 1. The zero-order valence-electron chi connectivity index (χ0n) is 12.3. The Labute approximate surface area is 122 Å². The molecule has 0 spiro atoms. The number of aryl methyl sites for hydroxylation is 2. The lowest BCUT2D eigenvalue weighted by Crippen LogP contribution is -2.04. The van der Waals surface area contributed by atoms with Crippen LogP contribution < -0.4 is 0 Å². The van der Waals surface area contributed by atoms with Crippen molar-refractivity contribution < 1.29 is 14.4 Å². The predicted octanol–water partition coefficient (Wildman–Crippen LogP) is 2.99. The van der Waals surface area contributed by atoms with Gasteiger partial charge in [0.25, 0.3) is 0 Å². The van der Waals surface area contributed by atoms with Crippen LogP contribution in [0.4, 0.5) is 0 Å². The van der Waals surface area contributed by atoms with Gasteiger partial charge >= 0.3 is 5.97 Å². The van der Waals surface area contributed by atoms with Gasteiger partial charge in [-0.25, -0.2) is 4.79 Å². The van der Waals surface area contributed by atoms with E-state index in [1.165, 1.54) is 0 Å². The first kappa shape index (κ1) is 13.9. The summed E-state index contributed by atoms with van der Waals surface area (Å²) >= 11 is 0. The van der Waals surface area contributed by atoms with Crippen LogP contribution in [-0.2, 0) is 13.5 Å². The molecule has 112 valence electrons. The predicted molar refractivity (Wildman–Crippen MR) is 76.3 cm³/mol. The number of rotatable bonds is 4. The van der Waals surface area contributed by atoms with Crippen molar-refractivity contribution in [1.82, 2.24) is 14.9 Å². The van der Waals surface area contributed by atoms with E-state index in [1.54, 1.807) is 4.68 Å². The van der Waals surface area contributed by atoms with Gasteiger partial charge in [-0.15, -0.1) is 0 Å². The van der Waals surface area contributed by atoms with Gasteiger partial charge < -0.3 is 9.63 Å². The van der Waals surface area contributed by atoms with Crippen molar-refractivity contribution >= 4 is 5.97 Å². The summed E-state index contributed by atoms with van der Waals surface area (Å²) in [4.78, 5) is 11.7. The lowest BCUT2D eigenvalue weighted by atomic mass is 9.97. The maximum Gasteiger partial charge on any atom is 0.341 e. The maximum atomic E-state index is 11.7. The number of hydrogen-bond donors (Lipinski definition) is 1. The molecule has 1 N–H and O–H groups in total. The fourth-order valence-electron chi connectivity index (χ4n) is 3.15. The molecule has 6 heteroatoms. The Morgan fingerprint density at radius 1 is 1.48 bits per heavy atom. The van der Waals surface area contributed by atoms with Gasteiger partial charge in [-0.3, -0.25) is 4.68 Å². The fraction of sp³-hybridized carbons (Fsp3) is 0.533. The molecule has 1 aliphatic rings. The van der Waals surface area contributed by atoms with Gasteiger partial charge in [0.2, 0.25) is 0 Å². The van der Waals surface area contributed by atoms with Gasteiger partial charge in [0, 0.05) is 24.7 Å². The third kappa shape index (κ3) is 2.34. The second-order valence-electron chi connectivity index (χ2n) is 5.57. The van der Waals surface area contributed by atoms with E-state index in [9.17, 15) is 9.90 Å². The number of hydrogen-bond acceptors (Lipinski definition) is 4. The lowest BCUT2D eigenvalue weighted by molar-refractivity contribution is 0.0694. The summed E-state index contributed by atoms with van der Waals surface area (Å²) < 4.78 is 7.12. The van der Waals surface area contributed by atoms with Crippen LogP contribution in [0.25, 0.3) is 11.3 Å². The summed E-state index contributed by atoms with van der Waals surface area (Å²) in [6, 6.07) is 0. The largest absolute Gasteiger partial charge is 0.477 e. The highest BCUT2D eigenvalue weighted by molar-refractivity contribution is 5.96. The summed E-state index contributed by atoms with van der Waals surface area (Å²) in [5, 5.41) is 18.0. The molecular weight excluding hydrogens is 270 g/mol. The zero-order valence-corrected chi connectivity index (χ0v) is 12.3. The molecule has 6 nitrogen and oxygen atoms in total.